The van der Waals surface area contributed by atoms with Crippen molar-refractivity contribution in [1.29, 1.82) is 0 Å². The van der Waals surface area contributed by atoms with Crippen LogP contribution in [0, 0.1) is 20.8 Å². The number of hydrogen-bond donors (Lipinski definition) is 1. The van der Waals surface area contributed by atoms with E-state index in [1.54, 1.807) is 17.7 Å². The Kier molecular flexibility index (Phi) is 3.64. The summed E-state index contributed by atoms with van der Waals surface area (Å²) < 4.78 is 6.64. The molecule has 7 heteroatoms. The molecule has 1 atom stereocenters. The number of aryl methyl sites for hydroxylation is 3. The van der Waals surface area contributed by atoms with Gasteiger partial charge in [-0.15, -0.1) is 0 Å². The van der Waals surface area contributed by atoms with Crippen molar-refractivity contribution < 1.29 is 9.32 Å². The Labute approximate surface area is 111 Å². The van der Waals surface area contributed by atoms with Crippen LogP contribution in [0.4, 0.5) is 5.82 Å². The summed E-state index contributed by atoms with van der Waals surface area (Å²) in [6, 6.07) is 1.61. The van der Waals surface area contributed by atoms with Gasteiger partial charge in [-0.2, -0.15) is 5.10 Å². The van der Waals surface area contributed by atoms with Crippen LogP contribution >= 0.6 is 0 Å². The molecule has 7 nitrogen and oxygen atoms in total. The minimum Gasteiger partial charge on any atom is -0.360 e. The maximum absolute atomic E-state index is 11.9. The van der Waals surface area contributed by atoms with E-state index in [-0.39, 0.29) is 11.9 Å². The van der Waals surface area contributed by atoms with E-state index in [1.807, 2.05) is 20.8 Å². The molecule has 0 aromatic carbocycles. The highest BCUT2D eigenvalue weighted by Crippen LogP contribution is 2.14. The minimum atomic E-state index is -0.131. The van der Waals surface area contributed by atoms with E-state index in [0.29, 0.717) is 23.8 Å². The second-order valence-electron chi connectivity index (χ2n) is 4.57. The van der Waals surface area contributed by atoms with Crippen molar-refractivity contribution >= 4 is 11.7 Å². The van der Waals surface area contributed by atoms with Crippen molar-refractivity contribution in [3.8, 4) is 0 Å². The smallest absolute Gasteiger partial charge is 0.227 e. The molecule has 0 saturated heterocycles. The van der Waals surface area contributed by atoms with E-state index >= 15 is 0 Å². The van der Waals surface area contributed by atoms with E-state index in [1.165, 1.54) is 0 Å². The number of nitrogens with zero attached hydrogens (tertiary/aromatic N) is 4. The lowest BCUT2D eigenvalue weighted by molar-refractivity contribution is -0.116. The molecule has 2 aromatic heterocycles. The van der Waals surface area contributed by atoms with Crippen molar-refractivity contribution in [2.24, 2.45) is 0 Å². The molecule has 1 N–H and O–H groups in total. The first-order chi connectivity index (χ1) is 8.95. The molecule has 2 aromatic rings. The van der Waals surface area contributed by atoms with E-state index in [9.17, 15) is 4.79 Å². The summed E-state index contributed by atoms with van der Waals surface area (Å²) in [5.41, 5.74) is 0. The van der Waals surface area contributed by atoms with Gasteiger partial charge in [0.1, 0.15) is 17.4 Å². The Morgan fingerprint density at radius 1 is 1.47 bits per heavy atom. The van der Waals surface area contributed by atoms with E-state index in [0.717, 1.165) is 5.82 Å². The third-order valence-corrected chi connectivity index (χ3v) is 2.70. The van der Waals surface area contributed by atoms with Gasteiger partial charge in [0.15, 0.2) is 5.82 Å². The second-order valence-corrected chi connectivity index (χ2v) is 4.57. The van der Waals surface area contributed by atoms with E-state index in [4.69, 9.17) is 4.52 Å². The molecule has 0 saturated carbocycles. The van der Waals surface area contributed by atoms with Crippen LogP contribution in [0.25, 0.3) is 0 Å². The van der Waals surface area contributed by atoms with Crippen molar-refractivity contribution in [2.45, 2.75) is 40.2 Å². The van der Waals surface area contributed by atoms with Crippen LogP contribution in [0.1, 0.15) is 36.8 Å². The first kappa shape index (κ1) is 13.3. The fourth-order valence-corrected chi connectivity index (χ4v) is 1.93. The molecule has 1 amide bonds. The van der Waals surface area contributed by atoms with Gasteiger partial charge in [0.05, 0.1) is 6.04 Å². The molecule has 0 aliphatic heterocycles. The molecular formula is C12H17N5O2. The summed E-state index contributed by atoms with van der Waals surface area (Å²) in [5.74, 6) is 2.47. The van der Waals surface area contributed by atoms with Gasteiger partial charge in [-0.05, 0) is 27.7 Å². The van der Waals surface area contributed by atoms with Crippen molar-refractivity contribution in [2.75, 3.05) is 5.32 Å². The zero-order valence-corrected chi connectivity index (χ0v) is 11.5. The number of anilines is 1. The molecule has 0 aliphatic carbocycles. The lowest BCUT2D eigenvalue weighted by Gasteiger charge is -2.12. The molecule has 2 rings (SSSR count). The summed E-state index contributed by atoms with van der Waals surface area (Å²) in [5, 5.41) is 10.7. The molecule has 1 unspecified atom stereocenters. The first-order valence-corrected chi connectivity index (χ1v) is 6.08. The molecule has 19 heavy (non-hydrogen) atoms. The van der Waals surface area contributed by atoms with Gasteiger partial charge >= 0.3 is 0 Å². The van der Waals surface area contributed by atoms with Crippen molar-refractivity contribution in [3.05, 3.63) is 23.5 Å². The Bertz CT molecular complexity index is 587. The van der Waals surface area contributed by atoms with Crippen LogP contribution < -0.4 is 5.32 Å². The highest BCUT2D eigenvalue weighted by molar-refractivity contribution is 5.89. The normalized spacial score (nSPS) is 12.4. The number of amides is 1. The SMILES string of the molecule is Cc1nc(C)n(C(C)CC(=O)Nc2cc(C)on2)n1. The highest BCUT2D eigenvalue weighted by Gasteiger charge is 2.15. The third-order valence-electron chi connectivity index (χ3n) is 2.70. The molecule has 2 heterocycles. The average Bonchev–Trinajstić information content (AvgIpc) is 2.84. The van der Waals surface area contributed by atoms with Gasteiger partial charge in [0.25, 0.3) is 0 Å². The van der Waals surface area contributed by atoms with Crippen LogP contribution in [-0.2, 0) is 4.79 Å². The Balaban J connectivity index is 1.97. The van der Waals surface area contributed by atoms with Crippen molar-refractivity contribution in [1.82, 2.24) is 19.9 Å². The molecule has 0 fully saturated rings. The van der Waals surface area contributed by atoms with Crippen LogP contribution in [0.5, 0.6) is 0 Å². The lowest BCUT2D eigenvalue weighted by Crippen LogP contribution is -2.19. The Morgan fingerprint density at radius 2 is 2.21 bits per heavy atom. The predicted molar refractivity (Wildman–Crippen MR) is 68.7 cm³/mol. The quantitative estimate of drug-likeness (QED) is 0.908. The topological polar surface area (TPSA) is 85.8 Å². The number of rotatable bonds is 4. The zero-order chi connectivity index (χ0) is 14.0. The number of carbonyl (C=O) groups is 1. The summed E-state index contributed by atoms with van der Waals surface area (Å²) in [4.78, 5) is 16.1. The monoisotopic (exact) mass is 263 g/mol. The first-order valence-electron chi connectivity index (χ1n) is 6.08. The minimum absolute atomic E-state index is 0.0609. The molecule has 0 radical (unpaired) electrons. The van der Waals surface area contributed by atoms with E-state index in [2.05, 4.69) is 20.6 Å². The predicted octanol–water partition coefficient (Wildman–Crippen LogP) is 1.78. The van der Waals surface area contributed by atoms with Crippen LogP contribution in [0.15, 0.2) is 10.6 Å². The van der Waals surface area contributed by atoms with Gasteiger partial charge in [-0.3, -0.25) is 4.79 Å². The molecular weight excluding hydrogens is 246 g/mol. The van der Waals surface area contributed by atoms with Gasteiger partial charge in [-0.25, -0.2) is 9.67 Å². The van der Waals surface area contributed by atoms with Crippen LogP contribution in [0.2, 0.25) is 0 Å². The fourth-order valence-electron chi connectivity index (χ4n) is 1.93. The summed E-state index contributed by atoms with van der Waals surface area (Å²) in [6.45, 7) is 7.39. The van der Waals surface area contributed by atoms with E-state index < -0.39 is 0 Å². The summed E-state index contributed by atoms with van der Waals surface area (Å²) in [6.07, 6.45) is 0.301. The average molecular weight is 263 g/mol. The Morgan fingerprint density at radius 3 is 2.74 bits per heavy atom. The number of aromatic nitrogens is 4. The fraction of sp³-hybridized carbons (Fsp3) is 0.500. The summed E-state index contributed by atoms with van der Waals surface area (Å²) in [7, 11) is 0. The number of hydrogen-bond acceptors (Lipinski definition) is 5. The van der Waals surface area contributed by atoms with Crippen molar-refractivity contribution in [3.63, 3.8) is 0 Å². The van der Waals surface area contributed by atoms with Gasteiger partial charge < -0.3 is 9.84 Å². The largest absolute Gasteiger partial charge is 0.360 e. The molecule has 0 bridgehead atoms. The Hall–Kier alpha value is -2.18. The third kappa shape index (κ3) is 3.18. The second kappa shape index (κ2) is 5.21. The highest BCUT2D eigenvalue weighted by atomic mass is 16.5. The molecule has 102 valence electrons. The van der Waals surface area contributed by atoms with Gasteiger partial charge in [0.2, 0.25) is 5.91 Å². The summed E-state index contributed by atoms with van der Waals surface area (Å²) >= 11 is 0. The molecule has 0 spiro atoms. The van der Waals surface area contributed by atoms with Gasteiger partial charge in [-0.1, -0.05) is 5.16 Å². The number of nitrogens with one attached hydrogen (secondary N) is 1. The van der Waals surface area contributed by atoms with Crippen LogP contribution in [0.3, 0.4) is 0 Å². The lowest BCUT2D eigenvalue weighted by atomic mass is 10.2. The zero-order valence-electron chi connectivity index (χ0n) is 11.5. The maximum Gasteiger partial charge on any atom is 0.227 e. The maximum atomic E-state index is 11.9. The number of carbonyl (C=O) groups excluding carboxylic acids is 1. The molecule has 0 aliphatic rings. The van der Waals surface area contributed by atoms with Gasteiger partial charge in [0, 0.05) is 12.5 Å². The van der Waals surface area contributed by atoms with Crippen LogP contribution in [-0.4, -0.2) is 25.8 Å². The standard InChI is InChI=1S/C12H17N5O2/c1-7(17-10(4)13-9(3)15-17)5-12(18)14-11-6-8(2)19-16-11/h6-7H,5H2,1-4H3,(H,14,16,18).